The van der Waals surface area contributed by atoms with Crippen LogP contribution in [-0.2, 0) is 10.3 Å². The Morgan fingerprint density at radius 3 is 2.44 bits per heavy atom. The summed E-state index contributed by atoms with van der Waals surface area (Å²) in [5.41, 5.74) is -0.628. The third-order valence-corrected chi connectivity index (χ3v) is 8.36. The second kappa shape index (κ2) is 7.69. The Kier molecular flexibility index (Phi) is 5.33. The number of hydrogen-bond acceptors (Lipinski definition) is 4. The summed E-state index contributed by atoms with van der Waals surface area (Å²) in [7, 11) is 0. The quantitative estimate of drug-likeness (QED) is 0.714. The Morgan fingerprint density at radius 2 is 1.84 bits per heavy atom. The van der Waals surface area contributed by atoms with Crippen LogP contribution in [0.25, 0.3) is 0 Å². The van der Waals surface area contributed by atoms with E-state index in [-0.39, 0.29) is 11.9 Å². The molecule has 4 bridgehead atoms. The summed E-state index contributed by atoms with van der Waals surface area (Å²) in [5.74, 6) is 1.38. The first kappa shape index (κ1) is 22.1. The van der Waals surface area contributed by atoms with Gasteiger partial charge >= 0.3 is 6.09 Å². The molecule has 5 fully saturated rings. The minimum Gasteiger partial charge on any atom is -0.444 e. The number of rotatable bonds is 4. The van der Waals surface area contributed by atoms with Crippen LogP contribution in [0.4, 0.5) is 9.18 Å². The average molecular weight is 445 g/mol. The number of benzene rings is 1. The van der Waals surface area contributed by atoms with E-state index in [1.165, 1.54) is 25.0 Å². The van der Waals surface area contributed by atoms with Gasteiger partial charge in [0.25, 0.3) is 0 Å². The van der Waals surface area contributed by atoms with Gasteiger partial charge in [-0.25, -0.2) is 9.18 Å². The molecule has 4 saturated carbocycles. The molecule has 32 heavy (non-hydrogen) atoms. The van der Waals surface area contributed by atoms with Gasteiger partial charge in [0, 0.05) is 19.1 Å². The number of hydrogen-bond donors (Lipinski definition) is 2. The van der Waals surface area contributed by atoms with Crippen LogP contribution >= 0.6 is 0 Å². The van der Waals surface area contributed by atoms with Crippen molar-refractivity contribution in [3.63, 3.8) is 0 Å². The van der Waals surface area contributed by atoms with E-state index in [0.29, 0.717) is 36.9 Å². The second-order valence-electron chi connectivity index (χ2n) is 11.9. The van der Waals surface area contributed by atoms with Crippen molar-refractivity contribution in [2.75, 3.05) is 13.1 Å². The molecule has 2 N–H and O–H groups in total. The molecule has 6 heteroatoms. The summed E-state index contributed by atoms with van der Waals surface area (Å²) in [5, 5.41) is 14.8. The minimum atomic E-state index is -0.571. The SMILES string of the molecule is CC(C)(C)OC(=O)N1CCCC1(CNC1C2CC3CC1CC(O)(C3)C2)c1ccc(F)cc1. The summed E-state index contributed by atoms with van der Waals surface area (Å²) < 4.78 is 19.5. The highest BCUT2D eigenvalue weighted by atomic mass is 19.1. The number of likely N-dealkylation sites (tertiary alicyclic amines) is 1. The second-order valence-corrected chi connectivity index (χ2v) is 11.9. The van der Waals surface area contributed by atoms with E-state index in [1.807, 2.05) is 37.8 Å². The lowest BCUT2D eigenvalue weighted by atomic mass is 9.52. The molecule has 3 unspecified atom stereocenters. The fraction of sp³-hybridized carbons (Fsp3) is 0.731. The first-order chi connectivity index (χ1) is 15.1. The average Bonchev–Trinajstić information content (AvgIpc) is 3.10. The van der Waals surface area contributed by atoms with Crippen LogP contribution in [0, 0.1) is 23.6 Å². The van der Waals surface area contributed by atoms with E-state index in [2.05, 4.69) is 5.32 Å². The maximum atomic E-state index is 13.7. The fourth-order valence-electron chi connectivity index (χ4n) is 7.41. The monoisotopic (exact) mass is 444 g/mol. The Bertz CT molecular complexity index is 851. The van der Waals surface area contributed by atoms with Gasteiger partial charge < -0.3 is 15.2 Å². The smallest absolute Gasteiger partial charge is 0.411 e. The van der Waals surface area contributed by atoms with E-state index in [9.17, 15) is 14.3 Å². The first-order valence-electron chi connectivity index (χ1n) is 12.3. The molecule has 4 aliphatic carbocycles. The Hall–Kier alpha value is -1.66. The van der Waals surface area contributed by atoms with Gasteiger partial charge in [-0.05, 0) is 101 Å². The third-order valence-electron chi connectivity index (χ3n) is 8.36. The fourth-order valence-corrected chi connectivity index (χ4v) is 7.41. The van der Waals surface area contributed by atoms with E-state index >= 15 is 0 Å². The van der Waals surface area contributed by atoms with Crippen molar-refractivity contribution in [1.29, 1.82) is 0 Å². The van der Waals surface area contributed by atoms with Gasteiger partial charge in [0.2, 0.25) is 0 Å². The van der Waals surface area contributed by atoms with Crippen LogP contribution < -0.4 is 5.32 Å². The van der Waals surface area contributed by atoms with Crippen molar-refractivity contribution >= 4 is 6.09 Å². The summed E-state index contributed by atoms with van der Waals surface area (Å²) in [6.07, 6.45) is 6.52. The molecule has 1 heterocycles. The van der Waals surface area contributed by atoms with Gasteiger partial charge in [-0.3, -0.25) is 4.90 Å². The molecule has 1 amide bonds. The number of carbonyl (C=O) groups excluding carboxylic acids is 1. The van der Waals surface area contributed by atoms with Crippen LogP contribution in [-0.4, -0.2) is 46.4 Å². The number of carbonyl (C=O) groups is 1. The van der Waals surface area contributed by atoms with Crippen molar-refractivity contribution in [2.24, 2.45) is 17.8 Å². The van der Waals surface area contributed by atoms with Crippen LogP contribution in [0.1, 0.15) is 71.3 Å². The molecule has 1 aromatic carbocycles. The third kappa shape index (κ3) is 3.94. The Morgan fingerprint density at radius 1 is 1.19 bits per heavy atom. The highest BCUT2D eigenvalue weighted by molar-refractivity contribution is 5.70. The summed E-state index contributed by atoms with van der Waals surface area (Å²) in [6, 6.07) is 6.98. The molecule has 0 radical (unpaired) electrons. The molecule has 5 aliphatic rings. The molecule has 1 saturated heterocycles. The first-order valence-corrected chi connectivity index (χ1v) is 12.3. The standard InChI is InChI=1S/C26H37FN2O3/c1-24(2,3)32-23(30)29-10-4-9-26(29,20-5-7-21(27)8-6-20)16-28-22-18-11-17-12-19(22)15-25(31,13-17)14-18/h5-8,17-19,22,28,31H,4,9-16H2,1-3H3. The maximum absolute atomic E-state index is 13.7. The predicted molar refractivity (Wildman–Crippen MR) is 121 cm³/mol. The lowest BCUT2D eigenvalue weighted by Crippen LogP contribution is -2.63. The van der Waals surface area contributed by atoms with Gasteiger partial charge in [0.05, 0.1) is 11.1 Å². The lowest BCUT2D eigenvalue weighted by Gasteiger charge is -2.58. The highest BCUT2D eigenvalue weighted by Gasteiger charge is 2.55. The molecular weight excluding hydrogens is 407 g/mol. The van der Waals surface area contributed by atoms with Gasteiger partial charge in [-0.1, -0.05) is 12.1 Å². The normalized spacial score (nSPS) is 38.3. The van der Waals surface area contributed by atoms with E-state index < -0.39 is 16.7 Å². The molecule has 176 valence electrons. The number of nitrogens with one attached hydrogen (secondary N) is 1. The van der Waals surface area contributed by atoms with E-state index in [1.54, 1.807) is 0 Å². The number of aliphatic hydroxyl groups is 1. The van der Waals surface area contributed by atoms with Crippen molar-refractivity contribution in [1.82, 2.24) is 10.2 Å². The van der Waals surface area contributed by atoms with Gasteiger partial charge in [0.1, 0.15) is 11.4 Å². The molecule has 0 aromatic heterocycles. The summed E-state index contributed by atoms with van der Waals surface area (Å²) in [6.45, 7) is 6.92. The predicted octanol–water partition coefficient (Wildman–Crippen LogP) is 4.58. The molecule has 1 aromatic rings. The van der Waals surface area contributed by atoms with Crippen molar-refractivity contribution in [3.05, 3.63) is 35.6 Å². The van der Waals surface area contributed by atoms with Crippen molar-refractivity contribution in [2.45, 2.75) is 88.5 Å². The van der Waals surface area contributed by atoms with Crippen LogP contribution in [0.3, 0.4) is 0 Å². The Labute approximate surface area is 190 Å². The lowest BCUT2D eigenvalue weighted by molar-refractivity contribution is -0.139. The highest BCUT2D eigenvalue weighted by Crippen LogP contribution is 2.56. The van der Waals surface area contributed by atoms with Gasteiger partial charge in [-0.15, -0.1) is 0 Å². The number of amides is 1. The van der Waals surface area contributed by atoms with Crippen molar-refractivity contribution in [3.8, 4) is 0 Å². The number of halogens is 1. The zero-order valence-corrected chi connectivity index (χ0v) is 19.6. The van der Waals surface area contributed by atoms with Gasteiger partial charge in [0.15, 0.2) is 0 Å². The largest absolute Gasteiger partial charge is 0.444 e. The zero-order valence-electron chi connectivity index (χ0n) is 19.6. The molecule has 6 rings (SSSR count). The molecule has 3 atom stereocenters. The Balaban J connectivity index is 1.41. The van der Waals surface area contributed by atoms with E-state index in [0.717, 1.165) is 37.7 Å². The molecule has 5 nitrogen and oxygen atoms in total. The maximum Gasteiger partial charge on any atom is 0.411 e. The van der Waals surface area contributed by atoms with Crippen LogP contribution in [0.15, 0.2) is 24.3 Å². The molecular formula is C26H37FN2O3. The summed E-state index contributed by atoms with van der Waals surface area (Å²) in [4.78, 5) is 15.1. The van der Waals surface area contributed by atoms with Crippen molar-refractivity contribution < 1.29 is 19.0 Å². The van der Waals surface area contributed by atoms with E-state index in [4.69, 9.17) is 4.74 Å². The number of nitrogens with zero attached hydrogens (tertiary/aromatic N) is 1. The minimum absolute atomic E-state index is 0.270. The topological polar surface area (TPSA) is 61.8 Å². The van der Waals surface area contributed by atoms with Gasteiger partial charge in [-0.2, -0.15) is 0 Å². The summed E-state index contributed by atoms with van der Waals surface area (Å²) >= 11 is 0. The molecule has 0 spiro atoms. The molecule has 1 aliphatic heterocycles. The number of ether oxygens (including phenoxy) is 1. The zero-order chi connectivity index (χ0) is 22.7. The van der Waals surface area contributed by atoms with Crippen LogP contribution in [0.2, 0.25) is 0 Å². The van der Waals surface area contributed by atoms with Crippen LogP contribution in [0.5, 0.6) is 0 Å².